The monoisotopic (exact) mass is 576 g/mol. The summed E-state index contributed by atoms with van der Waals surface area (Å²) in [6, 6.07) is 29.3. The van der Waals surface area contributed by atoms with Crippen LogP contribution in [-0.4, -0.2) is 35.7 Å². The number of benzene rings is 4. The standard InChI is InChI=1S/C34H29ClN4O3/c35-25-16-12-23(13-17-25)22-38-30-11-5-3-9-28(30)34(33(38)42)36-29-10-4-2-8-27(29)32(41)39(34)26-18-14-24(15-19-26)31(40)37-20-6-1-7-21-37/h2-5,8-19,36H,1,6-7,20-22H2. The molecule has 4 aromatic rings. The maximum atomic E-state index is 14.7. The summed E-state index contributed by atoms with van der Waals surface area (Å²) in [5, 5.41) is 4.11. The van der Waals surface area contributed by atoms with Gasteiger partial charge in [0.05, 0.1) is 17.8 Å². The van der Waals surface area contributed by atoms with Gasteiger partial charge in [-0.3, -0.25) is 19.3 Å². The minimum Gasteiger partial charge on any atom is -0.350 e. The molecule has 1 saturated heterocycles. The number of carbonyl (C=O) groups is 3. The van der Waals surface area contributed by atoms with Gasteiger partial charge in [-0.05, 0) is 79.4 Å². The van der Waals surface area contributed by atoms with Crippen molar-refractivity contribution >= 4 is 46.4 Å². The van der Waals surface area contributed by atoms with E-state index >= 15 is 0 Å². The Morgan fingerprint density at radius 2 is 1.50 bits per heavy atom. The Morgan fingerprint density at radius 1 is 0.810 bits per heavy atom. The molecule has 1 spiro atoms. The van der Waals surface area contributed by atoms with Gasteiger partial charge in [-0.15, -0.1) is 0 Å². The Hall–Kier alpha value is -4.62. The van der Waals surface area contributed by atoms with E-state index in [0.29, 0.717) is 39.6 Å². The van der Waals surface area contributed by atoms with E-state index in [0.717, 1.165) is 43.6 Å². The van der Waals surface area contributed by atoms with E-state index in [2.05, 4.69) is 5.32 Å². The highest BCUT2D eigenvalue weighted by molar-refractivity contribution is 6.30. The first-order chi connectivity index (χ1) is 20.5. The smallest absolute Gasteiger partial charge is 0.279 e. The van der Waals surface area contributed by atoms with Gasteiger partial charge in [-0.2, -0.15) is 0 Å². The average molecular weight is 577 g/mol. The lowest BCUT2D eigenvalue weighted by Crippen LogP contribution is -2.63. The first kappa shape index (κ1) is 26.3. The highest BCUT2D eigenvalue weighted by Crippen LogP contribution is 2.50. The Kier molecular flexibility index (Phi) is 6.47. The van der Waals surface area contributed by atoms with Crippen LogP contribution in [0.15, 0.2) is 97.1 Å². The van der Waals surface area contributed by atoms with Gasteiger partial charge in [0.2, 0.25) is 5.66 Å². The number of amides is 3. The second-order valence-corrected chi connectivity index (χ2v) is 11.4. The number of anilines is 3. The van der Waals surface area contributed by atoms with Crippen molar-refractivity contribution in [2.24, 2.45) is 0 Å². The maximum absolute atomic E-state index is 14.7. The summed E-state index contributed by atoms with van der Waals surface area (Å²) in [5.74, 6) is -0.577. The van der Waals surface area contributed by atoms with E-state index < -0.39 is 5.66 Å². The van der Waals surface area contributed by atoms with Crippen molar-refractivity contribution < 1.29 is 14.4 Å². The van der Waals surface area contributed by atoms with Crippen LogP contribution in [0, 0.1) is 0 Å². The van der Waals surface area contributed by atoms with Crippen molar-refractivity contribution in [1.29, 1.82) is 0 Å². The first-order valence-corrected chi connectivity index (χ1v) is 14.6. The fraction of sp³-hybridized carbons (Fsp3) is 0.206. The van der Waals surface area contributed by atoms with Crippen LogP contribution in [0.25, 0.3) is 0 Å². The number of rotatable bonds is 4. The van der Waals surface area contributed by atoms with Crippen molar-refractivity contribution in [3.63, 3.8) is 0 Å². The van der Waals surface area contributed by atoms with Crippen LogP contribution in [-0.2, 0) is 17.0 Å². The molecule has 1 N–H and O–H groups in total. The number of nitrogens with one attached hydrogen (secondary N) is 1. The quantitative estimate of drug-likeness (QED) is 0.303. The fourth-order valence-electron chi connectivity index (χ4n) is 6.35. The zero-order valence-corrected chi connectivity index (χ0v) is 23.7. The third-order valence-corrected chi connectivity index (χ3v) is 8.67. The molecule has 4 aromatic carbocycles. The number of nitrogens with zero attached hydrogens (tertiary/aromatic N) is 3. The topological polar surface area (TPSA) is 73.0 Å². The Balaban J connectivity index is 1.34. The predicted octanol–water partition coefficient (Wildman–Crippen LogP) is 6.44. The number of hydrogen-bond acceptors (Lipinski definition) is 4. The van der Waals surface area contributed by atoms with Gasteiger partial charge in [-0.1, -0.05) is 54.1 Å². The Bertz CT molecular complexity index is 1700. The molecule has 0 aliphatic carbocycles. The van der Waals surface area contributed by atoms with Crippen LogP contribution < -0.4 is 15.1 Å². The lowest BCUT2D eigenvalue weighted by atomic mass is 9.92. The molecule has 7 rings (SSSR count). The van der Waals surface area contributed by atoms with Gasteiger partial charge in [0.15, 0.2) is 0 Å². The number of para-hydroxylation sites is 2. The van der Waals surface area contributed by atoms with Crippen molar-refractivity contribution in [3.8, 4) is 0 Å². The average Bonchev–Trinajstić information content (AvgIpc) is 3.25. The minimum absolute atomic E-state index is 0.0131. The number of piperidine rings is 1. The molecular formula is C34H29ClN4O3. The van der Waals surface area contributed by atoms with E-state index in [4.69, 9.17) is 11.6 Å². The zero-order chi connectivity index (χ0) is 28.8. The molecule has 1 atom stereocenters. The molecule has 3 heterocycles. The van der Waals surface area contributed by atoms with Gasteiger partial charge < -0.3 is 15.1 Å². The summed E-state index contributed by atoms with van der Waals surface area (Å²) in [6.45, 7) is 1.82. The van der Waals surface area contributed by atoms with E-state index in [-0.39, 0.29) is 17.7 Å². The lowest BCUT2D eigenvalue weighted by molar-refractivity contribution is -0.122. The van der Waals surface area contributed by atoms with Crippen molar-refractivity contribution in [2.75, 3.05) is 28.2 Å². The lowest BCUT2D eigenvalue weighted by Gasteiger charge is -2.45. The number of hydrogen-bond donors (Lipinski definition) is 1. The fourth-order valence-corrected chi connectivity index (χ4v) is 6.47. The molecule has 0 aromatic heterocycles. The molecule has 7 nitrogen and oxygen atoms in total. The molecule has 3 aliphatic rings. The highest BCUT2D eigenvalue weighted by Gasteiger charge is 2.59. The molecule has 0 bridgehead atoms. The predicted molar refractivity (Wildman–Crippen MR) is 164 cm³/mol. The number of halogens is 1. The third-order valence-electron chi connectivity index (χ3n) is 8.42. The molecule has 1 unspecified atom stereocenters. The van der Waals surface area contributed by atoms with Crippen LogP contribution >= 0.6 is 11.6 Å². The number of fused-ring (bicyclic) bond motifs is 3. The molecule has 0 saturated carbocycles. The van der Waals surface area contributed by atoms with Gasteiger partial charge in [0.25, 0.3) is 17.7 Å². The minimum atomic E-state index is -1.52. The van der Waals surface area contributed by atoms with Crippen LogP contribution in [0.3, 0.4) is 0 Å². The highest BCUT2D eigenvalue weighted by atomic mass is 35.5. The normalized spacial score (nSPS) is 19.5. The summed E-state index contributed by atoms with van der Waals surface area (Å²) in [6.07, 6.45) is 3.16. The second kappa shape index (κ2) is 10.3. The molecule has 8 heteroatoms. The Labute approximate surface area is 249 Å². The zero-order valence-electron chi connectivity index (χ0n) is 22.9. The molecule has 3 amide bonds. The molecule has 1 fully saturated rings. The van der Waals surface area contributed by atoms with Crippen LogP contribution in [0.5, 0.6) is 0 Å². The van der Waals surface area contributed by atoms with Gasteiger partial charge in [0, 0.05) is 40.6 Å². The van der Waals surface area contributed by atoms with E-state index in [9.17, 15) is 14.4 Å². The summed E-state index contributed by atoms with van der Waals surface area (Å²) in [5.41, 5.74) is 2.94. The van der Waals surface area contributed by atoms with Gasteiger partial charge >= 0.3 is 0 Å². The molecule has 42 heavy (non-hydrogen) atoms. The maximum Gasteiger partial charge on any atom is 0.279 e. The summed E-state index contributed by atoms with van der Waals surface area (Å²) < 4.78 is 0. The number of carbonyl (C=O) groups excluding carboxylic acids is 3. The van der Waals surface area contributed by atoms with Crippen LogP contribution in [0.2, 0.25) is 5.02 Å². The van der Waals surface area contributed by atoms with Gasteiger partial charge in [0.1, 0.15) is 0 Å². The Morgan fingerprint density at radius 3 is 2.26 bits per heavy atom. The van der Waals surface area contributed by atoms with Crippen molar-refractivity contribution in [3.05, 3.63) is 124 Å². The molecular weight excluding hydrogens is 548 g/mol. The van der Waals surface area contributed by atoms with Crippen LogP contribution in [0.4, 0.5) is 17.1 Å². The van der Waals surface area contributed by atoms with Crippen LogP contribution in [0.1, 0.15) is 51.1 Å². The molecule has 210 valence electrons. The largest absolute Gasteiger partial charge is 0.350 e. The second-order valence-electron chi connectivity index (χ2n) is 11.0. The first-order valence-electron chi connectivity index (χ1n) is 14.2. The number of likely N-dealkylation sites (tertiary alicyclic amines) is 1. The van der Waals surface area contributed by atoms with E-state index in [1.807, 2.05) is 59.5 Å². The summed E-state index contributed by atoms with van der Waals surface area (Å²) in [7, 11) is 0. The van der Waals surface area contributed by atoms with E-state index in [1.54, 1.807) is 52.3 Å². The van der Waals surface area contributed by atoms with Crippen molar-refractivity contribution in [2.45, 2.75) is 31.5 Å². The van der Waals surface area contributed by atoms with E-state index in [1.165, 1.54) is 0 Å². The summed E-state index contributed by atoms with van der Waals surface area (Å²) >= 11 is 6.12. The third kappa shape index (κ3) is 4.15. The van der Waals surface area contributed by atoms with Crippen molar-refractivity contribution in [1.82, 2.24) is 4.90 Å². The molecule has 3 aliphatic heterocycles. The molecule has 0 radical (unpaired) electrons. The summed E-state index contributed by atoms with van der Waals surface area (Å²) in [4.78, 5) is 47.4. The van der Waals surface area contributed by atoms with Gasteiger partial charge in [-0.25, -0.2) is 0 Å². The SMILES string of the molecule is O=C(c1ccc(N2C(=O)c3ccccc3NC23C(=O)N(Cc2ccc(Cl)cc2)c2ccccc23)cc1)N1CCCCC1.